The maximum Gasteiger partial charge on any atom is 0.108 e. The molecule has 1 saturated carbocycles. The van der Waals surface area contributed by atoms with Crippen molar-refractivity contribution < 1.29 is 4.39 Å². The fourth-order valence-electron chi connectivity index (χ4n) is 1.57. The maximum atomic E-state index is 12.8. The van der Waals surface area contributed by atoms with E-state index in [0.717, 1.165) is 6.42 Å². The van der Waals surface area contributed by atoms with E-state index in [9.17, 15) is 4.39 Å². The molecule has 0 aromatic carbocycles. The molecular weight excluding hydrogens is 141 g/mol. The number of rotatable bonds is 4. The van der Waals surface area contributed by atoms with Gasteiger partial charge >= 0.3 is 0 Å². The minimum absolute atomic E-state index is 0.122. The summed E-state index contributed by atoms with van der Waals surface area (Å²) in [6, 6.07) is 0.259. The fraction of sp³-hybridized carbons (Fsp3) is 0.778. The van der Waals surface area contributed by atoms with E-state index >= 15 is 0 Å². The molecule has 1 rings (SSSR count). The lowest BCUT2D eigenvalue weighted by molar-refractivity contribution is 0.301. The first-order chi connectivity index (χ1) is 5.15. The molecule has 64 valence electrons. The molecule has 3 unspecified atom stereocenters. The van der Waals surface area contributed by atoms with Crippen LogP contribution in [0.3, 0.4) is 0 Å². The van der Waals surface area contributed by atoms with Gasteiger partial charge in [-0.25, -0.2) is 4.39 Å². The van der Waals surface area contributed by atoms with Gasteiger partial charge in [0.15, 0.2) is 0 Å². The van der Waals surface area contributed by atoms with Gasteiger partial charge in [0.25, 0.3) is 0 Å². The van der Waals surface area contributed by atoms with E-state index < -0.39 is 6.17 Å². The quantitative estimate of drug-likeness (QED) is 0.614. The van der Waals surface area contributed by atoms with Crippen LogP contribution in [0.4, 0.5) is 4.39 Å². The third kappa shape index (κ3) is 1.45. The Labute approximate surface area is 67.7 Å². The van der Waals surface area contributed by atoms with Gasteiger partial charge in [-0.1, -0.05) is 13.0 Å². The number of hydrogen-bond acceptors (Lipinski definition) is 1. The topological polar surface area (TPSA) is 12.0 Å². The van der Waals surface area contributed by atoms with Crippen LogP contribution in [0.1, 0.15) is 19.8 Å². The Hall–Kier alpha value is -0.370. The minimum Gasteiger partial charge on any atom is -0.316 e. The van der Waals surface area contributed by atoms with Gasteiger partial charge in [-0.05, 0) is 19.9 Å². The third-order valence-corrected chi connectivity index (χ3v) is 2.72. The summed E-state index contributed by atoms with van der Waals surface area (Å²) in [5, 5.41) is 3.12. The standard InChI is InChI=1S/C9H16FN/c1-4-5-8(11-3)9(2)6-7(9)10/h4,7-8,11H,1,5-6H2,2-3H3. The predicted molar refractivity (Wildman–Crippen MR) is 45.3 cm³/mol. The van der Waals surface area contributed by atoms with Gasteiger partial charge in [0.05, 0.1) is 0 Å². The van der Waals surface area contributed by atoms with Crippen molar-refractivity contribution in [1.82, 2.24) is 5.32 Å². The second kappa shape index (κ2) is 2.94. The van der Waals surface area contributed by atoms with Gasteiger partial charge in [0.1, 0.15) is 6.17 Å². The normalized spacial score (nSPS) is 38.3. The Morgan fingerprint density at radius 2 is 2.45 bits per heavy atom. The van der Waals surface area contributed by atoms with Crippen molar-refractivity contribution in [3.05, 3.63) is 12.7 Å². The van der Waals surface area contributed by atoms with E-state index in [1.165, 1.54) is 0 Å². The summed E-state index contributed by atoms with van der Waals surface area (Å²) in [6.45, 7) is 5.64. The third-order valence-electron chi connectivity index (χ3n) is 2.72. The van der Waals surface area contributed by atoms with Gasteiger partial charge in [-0.3, -0.25) is 0 Å². The largest absolute Gasteiger partial charge is 0.316 e. The van der Waals surface area contributed by atoms with Crippen molar-refractivity contribution >= 4 is 0 Å². The summed E-state index contributed by atoms with van der Waals surface area (Å²) < 4.78 is 12.8. The van der Waals surface area contributed by atoms with Crippen LogP contribution < -0.4 is 5.32 Å². The Balaban J connectivity index is 2.48. The summed E-state index contributed by atoms with van der Waals surface area (Å²) in [6.07, 6.45) is 2.79. The summed E-state index contributed by atoms with van der Waals surface area (Å²) in [4.78, 5) is 0. The van der Waals surface area contributed by atoms with Crippen LogP contribution >= 0.6 is 0 Å². The molecule has 0 amide bonds. The lowest BCUT2D eigenvalue weighted by Gasteiger charge is -2.21. The smallest absolute Gasteiger partial charge is 0.108 e. The van der Waals surface area contributed by atoms with E-state index in [-0.39, 0.29) is 11.5 Å². The molecular formula is C9H16FN. The molecule has 0 aromatic heterocycles. The summed E-state index contributed by atoms with van der Waals surface area (Å²) >= 11 is 0. The second-order valence-corrected chi connectivity index (χ2v) is 3.54. The molecule has 0 saturated heterocycles. The van der Waals surface area contributed by atoms with Crippen molar-refractivity contribution in [2.24, 2.45) is 5.41 Å². The highest BCUT2D eigenvalue weighted by atomic mass is 19.1. The number of alkyl halides is 1. The predicted octanol–water partition coefficient (Wildman–Crippen LogP) is 1.90. The van der Waals surface area contributed by atoms with Gasteiger partial charge < -0.3 is 5.32 Å². The van der Waals surface area contributed by atoms with Crippen LogP contribution in [-0.2, 0) is 0 Å². The lowest BCUT2D eigenvalue weighted by atomic mass is 9.96. The number of nitrogens with one attached hydrogen (secondary N) is 1. The van der Waals surface area contributed by atoms with Crippen LogP contribution in [0.25, 0.3) is 0 Å². The molecule has 1 N–H and O–H groups in total. The van der Waals surface area contributed by atoms with Gasteiger partial charge in [-0.2, -0.15) is 0 Å². The Morgan fingerprint density at radius 3 is 2.73 bits per heavy atom. The van der Waals surface area contributed by atoms with E-state index in [1.54, 1.807) is 0 Å². The molecule has 11 heavy (non-hydrogen) atoms. The minimum atomic E-state index is -0.611. The molecule has 0 radical (unpaired) electrons. The molecule has 2 heteroatoms. The van der Waals surface area contributed by atoms with Gasteiger partial charge in [-0.15, -0.1) is 6.58 Å². The SMILES string of the molecule is C=CCC(NC)C1(C)CC1F. The zero-order chi connectivity index (χ0) is 8.48. The molecule has 0 bridgehead atoms. The average Bonchev–Trinajstić information content (AvgIpc) is 2.56. The monoisotopic (exact) mass is 157 g/mol. The van der Waals surface area contributed by atoms with Crippen LogP contribution in [0.2, 0.25) is 0 Å². The Morgan fingerprint density at radius 1 is 1.91 bits per heavy atom. The highest BCUT2D eigenvalue weighted by Crippen LogP contribution is 2.51. The molecule has 3 atom stereocenters. The molecule has 1 aliphatic carbocycles. The molecule has 0 heterocycles. The Bertz CT molecular complexity index is 158. The number of halogens is 1. The highest BCUT2D eigenvalue weighted by molar-refractivity contribution is 5.08. The molecule has 1 fully saturated rings. The van der Waals surface area contributed by atoms with E-state index in [1.807, 2.05) is 20.0 Å². The summed E-state index contributed by atoms with van der Waals surface area (Å²) in [5.41, 5.74) is -0.122. The van der Waals surface area contributed by atoms with Crippen LogP contribution in [0.15, 0.2) is 12.7 Å². The summed E-state index contributed by atoms with van der Waals surface area (Å²) in [5.74, 6) is 0. The molecule has 0 spiro atoms. The van der Waals surface area contributed by atoms with Crippen LogP contribution in [0, 0.1) is 5.41 Å². The molecule has 1 aliphatic rings. The van der Waals surface area contributed by atoms with E-state index in [2.05, 4.69) is 11.9 Å². The van der Waals surface area contributed by atoms with Crippen molar-refractivity contribution in [2.75, 3.05) is 7.05 Å². The zero-order valence-electron chi connectivity index (χ0n) is 7.23. The first-order valence-electron chi connectivity index (χ1n) is 4.07. The van der Waals surface area contributed by atoms with Crippen LogP contribution in [-0.4, -0.2) is 19.3 Å². The second-order valence-electron chi connectivity index (χ2n) is 3.54. The fourth-order valence-corrected chi connectivity index (χ4v) is 1.57. The molecule has 0 aromatic rings. The van der Waals surface area contributed by atoms with Crippen LogP contribution in [0.5, 0.6) is 0 Å². The molecule has 1 nitrogen and oxygen atoms in total. The average molecular weight is 157 g/mol. The van der Waals surface area contributed by atoms with Crippen molar-refractivity contribution in [3.63, 3.8) is 0 Å². The maximum absolute atomic E-state index is 12.8. The zero-order valence-corrected chi connectivity index (χ0v) is 7.23. The number of hydrogen-bond donors (Lipinski definition) is 1. The first-order valence-corrected chi connectivity index (χ1v) is 4.07. The van der Waals surface area contributed by atoms with Gasteiger partial charge in [0, 0.05) is 11.5 Å². The van der Waals surface area contributed by atoms with Crippen molar-refractivity contribution in [2.45, 2.75) is 32.0 Å². The van der Waals surface area contributed by atoms with E-state index in [0.29, 0.717) is 6.42 Å². The lowest BCUT2D eigenvalue weighted by Crippen LogP contribution is -2.34. The van der Waals surface area contributed by atoms with Crippen molar-refractivity contribution in [3.8, 4) is 0 Å². The van der Waals surface area contributed by atoms with Crippen molar-refractivity contribution in [1.29, 1.82) is 0 Å². The first kappa shape index (κ1) is 8.72. The Kier molecular flexibility index (Phi) is 2.33. The highest BCUT2D eigenvalue weighted by Gasteiger charge is 2.55. The molecule has 0 aliphatic heterocycles. The van der Waals surface area contributed by atoms with E-state index in [4.69, 9.17) is 0 Å². The van der Waals surface area contributed by atoms with Gasteiger partial charge in [0.2, 0.25) is 0 Å². The summed E-state index contributed by atoms with van der Waals surface area (Å²) in [7, 11) is 1.88.